The van der Waals surface area contributed by atoms with Gasteiger partial charge in [-0.05, 0) is 47.5 Å². The number of rotatable bonds is 10. The molecular formula is C29H28N2O6S3. The van der Waals surface area contributed by atoms with Crippen molar-refractivity contribution in [3.8, 4) is 5.75 Å². The van der Waals surface area contributed by atoms with Crippen LogP contribution in [0, 0.1) is 0 Å². The van der Waals surface area contributed by atoms with E-state index in [-0.39, 0.29) is 28.7 Å². The lowest BCUT2D eigenvalue weighted by molar-refractivity contribution is 0.107. The van der Waals surface area contributed by atoms with Crippen molar-refractivity contribution in [2.24, 2.45) is 5.14 Å². The number of sulfonamides is 2. The first-order valence-electron chi connectivity index (χ1n) is 11.9. The first-order chi connectivity index (χ1) is 19.1. The Hall–Kier alpha value is -3.74. The van der Waals surface area contributed by atoms with Gasteiger partial charge in [0, 0.05) is 24.0 Å². The normalized spacial score (nSPS) is 11.3. The number of Topliss-reactive ketones (excluding diaryl/α,β-unsaturated/α-hetero) is 1. The smallest absolute Gasteiger partial charge is 0.243 e. The Bertz CT molecular complexity index is 1640. The summed E-state index contributed by atoms with van der Waals surface area (Å²) in [6, 6.07) is 30.4. The highest BCUT2D eigenvalue weighted by molar-refractivity contribution is 7.89. The van der Waals surface area contributed by atoms with Crippen LogP contribution in [0.5, 0.6) is 5.75 Å². The Balaban J connectivity index is 0.000000371. The number of hydrogen-bond acceptors (Lipinski definition) is 7. The molecule has 0 fully saturated rings. The predicted octanol–water partition coefficient (Wildman–Crippen LogP) is 4.60. The molecule has 0 radical (unpaired) electrons. The molecule has 0 amide bonds. The summed E-state index contributed by atoms with van der Waals surface area (Å²) in [7, 11) is -5.82. The molecule has 0 unspecified atom stereocenters. The Labute approximate surface area is 240 Å². The summed E-state index contributed by atoms with van der Waals surface area (Å²) in [5.74, 6) is 0.252. The number of carbonyl (C=O) groups is 1. The minimum absolute atomic E-state index is 0.0361. The molecule has 208 valence electrons. The van der Waals surface area contributed by atoms with Crippen LogP contribution in [0.2, 0.25) is 0 Å². The molecule has 0 aliphatic carbocycles. The van der Waals surface area contributed by atoms with E-state index in [1.807, 2.05) is 30.3 Å². The second-order valence-corrected chi connectivity index (χ2v) is 12.2. The van der Waals surface area contributed by atoms with E-state index in [2.05, 4.69) is 0 Å². The Morgan fingerprint density at radius 2 is 1.32 bits per heavy atom. The topological polar surface area (TPSA) is 124 Å². The van der Waals surface area contributed by atoms with Gasteiger partial charge in [0.1, 0.15) is 5.75 Å². The van der Waals surface area contributed by atoms with Crippen LogP contribution >= 0.6 is 12.2 Å². The van der Waals surface area contributed by atoms with Crippen LogP contribution in [0.25, 0.3) is 0 Å². The highest BCUT2D eigenvalue weighted by atomic mass is 32.2. The van der Waals surface area contributed by atoms with Crippen molar-refractivity contribution in [2.45, 2.75) is 22.9 Å². The number of ketones is 1. The summed E-state index contributed by atoms with van der Waals surface area (Å²) >= 11 is 4.79. The van der Waals surface area contributed by atoms with Gasteiger partial charge in [0.25, 0.3) is 0 Å². The van der Waals surface area contributed by atoms with Crippen LogP contribution in [-0.2, 0) is 33.1 Å². The van der Waals surface area contributed by atoms with Gasteiger partial charge in [0.2, 0.25) is 20.0 Å². The SMILES string of the molecule is COc1ccc(S(=O)(=O)N(Cc2ccccc2)Cc2ccccc2C(=O)C=S)cc1.NS(=O)(=O)c1ccccc1. The molecule has 40 heavy (non-hydrogen) atoms. The van der Waals surface area contributed by atoms with Gasteiger partial charge >= 0.3 is 0 Å². The van der Waals surface area contributed by atoms with E-state index < -0.39 is 20.0 Å². The van der Waals surface area contributed by atoms with Crippen molar-refractivity contribution >= 4 is 43.4 Å². The average molecular weight is 597 g/mol. The van der Waals surface area contributed by atoms with Gasteiger partial charge in [0.15, 0.2) is 5.78 Å². The molecule has 11 heteroatoms. The van der Waals surface area contributed by atoms with Gasteiger partial charge in [-0.2, -0.15) is 4.31 Å². The molecule has 4 aromatic rings. The van der Waals surface area contributed by atoms with Gasteiger partial charge < -0.3 is 4.74 Å². The summed E-state index contributed by atoms with van der Waals surface area (Å²) in [6.07, 6.45) is 0. The van der Waals surface area contributed by atoms with E-state index in [1.165, 1.54) is 35.7 Å². The Morgan fingerprint density at radius 3 is 1.85 bits per heavy atom. The number of thiocarbonyl (C=S) groups is 1. The van der Waals surface area contributed by atoms with Crippen LogP contribution in [0.1, 0.15) is 21.5 Å². The van der Waals surface area contributed by atoms with Crippen LogP contribution in [-0.4, -0.2) is 39.4 Å². The van der Waals surface area contributed by atoms with Crippen molar-refractivity contribution < 1.29 is 26.4 Å². The Morgan fingerprint density at radius 1 is 0.775 bits per heavy atom. The second kappa shape index (κ2) is 14.1. The summed E-state index contributed by atoms with van der Waals surface area (Å²) in [6.45, 7) is 0.198. The van der Waals surface area contributed by atoms with E-state index >= 15 is 0 Å². The number of ether oxygens (including phenoxy) is 1. The molecule has 0 atom stereocenters. The minimum atomic E-state index is -3.84. The zero-order valence-corrected chi connectivity index (χ0v) is 24.0. The van der Waals surface area contributed by atoms with E-state index in [0.29, 0.717) is 16.9 Å². The minimum Gasteiger partial charge on any atom is -0.497 e. The van der Waals surface area contributed by atoms with Gasteiger partial charge in [-0.15, -0.1) is 0 Å². The molecule has 4 rings (SSSR count). The van der Waals surface area contributed by atoms with Crippen molar-refractivity contribution in [3.05, 3.63) is 126 Å². The first-order valence-corrected chi connectivity index (χ1v) is 15.4. The van der Waals surface area contributed by atoms with Crippen molar-refractivity contribution in [2.75, 3.05) is 7.11 Å². The standard InChI is InChI=1S/C23H21NO4S2.C6H7NO2S/c1-28-20-11-13-21(14-12-20)30(26,27)24(15-18-7-3-2-4-8-18)16-19-9-5-6-10-22(19)23(25)17-29;7-10(8,9)6-4-2-1-3-5-6/h2-14,17H,15-16H2,1H3;1-5H,(H2,7,8,9). The van der Waals surface area contributed by atoms with E-state index in [9.17, 15) is 21.6 Å². The fraction of sp³-hybridized carbons (Fsp3) is 0.103. The van der Waals surface area contributed by atoms with Crippen LogP contribution in [0.4, 0.5) is 0 Å². The van der Waals surface area contributed by atoms with Crippen molar-refractivity contribution in [3.63, 3.8) is 0 Å². The molecule has 4 aromatic carbocycles. The van der Waals surface area contributed by atoms with Gasteiger partial charge in [-0.1, -0.05) is 85.0 Å². The lowest BCUT2D eigenvalue weighted by Gasteiger charge is -2.23. The predicted molar refractivity (Wildman–Crippen MR) is 158 cm³/mol. The molecule has 2 N–H and O–H groups in total. The zero-order valence-electron chi connectivity index (χ0n) is 21.6. The molecule has 0 saturated carbocycles. The molecule has 0 heterocycles. The molecule has 8 nitrogen and oxygen atoms in total. The number of methoxy groups -OCH3 is 1. The van der Waals surface area contributed by atoms with Crippen molar-refractivity contribution in [1.82, 2.24) is 4.31 Å². The van der Waals surface area contributed by atoms with E-state index in [4.69, 9.17) is 22.1 Å². The largest absolute Gasteiger partial charge is 0.497 e. The second-order valence-electron chi connectivity index (χ2n) is 8.43. The fourth-order valence-corrected chi connectivity index (χ4v) is 5.74. The summed E-state index contributed by atoms with van der Waals surface area (Å²) in [5, 5.41) is 5.90. The first kappa shape index (κ1) is 30.8. The van der Waals surface area contributed by atoms with Gasteiger partial charge in [-0.25, -0.2) is 22.0 Å². The maximum atomic E-state index is 13.5. The van der Waals surface area contributed by atoms with Gasteiger partial charge in [0.05, 0.1) is 16.9 Å². The summed E-state index contributed by atoms with van der Waals surface area (Å²) in [5.41, 5.74) is 1.83. The summed E-state index contributed by atoms with van der Waals surface area (Å²) in [4.78, 5) is 12.5. The number of nitrogens with zero attached hydrogens (tertiary/aromatic N) is 1. The van der Waals surface area contributed by atoms with Crippen LogP contribution in [0.3, 0.4) is 0 Å². The molecular weight excluding hydrogens is 569 g/mol. The molecule has 0 saturated heterocycles. The lowest BCUT2D eigenvalue weighted by atomic mass is 10.0. The maximum absolute atomic E-state index is 13.5. The van der Waals surface area contributed by atoms with Gasteiger partial charge in [-0.3, -0.25) is 4.79 Å². The molecule has 0 bridgehead atoms. The third-order valence-electron chi connectivity index (χ3n) is 5.71. The Kier molecular flexibility index (Phi) is 10.8. The number of carbonyl (C=O) groups excluding carboxylic acids is 1. The van der Waals surface area contributed by atoms with Crippen LogP contribution < -0.4 is 9.88 Å². The highest BCUT2D eigenvalue weighted by Gasteiger charge is 2.26. The van der Waals surface area contributed by atoms with E-state index in [1.54, 1.807) is 54.6 Å². The summed E-state index contributed by atoms with van der Waals surface area (Å²) < 4.78 is 54.6. The molecule has 0 aliphatic rings. The van der Waals surface area contributed by atoms with Crippen LogP contribution in [0.15, 0.2) is 119 Å². The third-order valence-corrected chi connectivity index (χ3v) is 8.66. The quantitative estimate of drug-likeness (QED) is 0.210. The highest BCUT2D eigenvalue weighted by Crippen LogP contribution is 2.24. The number of hydrogen-bond donors (Lipinski definition) is 1. The monoisotopic (exact) mass is 596 g/mol. The van der Waals surface area contributed by atoms with E-state index in [0.717, 1.165) is 10.9 Å². The third kappa shape index (κ3) is 8.38. The fourth-order valence-electron chi connectivity index (χ4n) is 3.67. The molecule has 0 spiro atoms. The average Bonchev–Trinajstić information content (AvgIpc) is 2.97. The molecule has 0 aromatic heterocycles. The lowest BCUT2D eigenvalue weighted by Crippen LogP contribution is -2.31. The number of nitrogens with two attached hydrogens (primary N) is 1. The molecule has 0 aliphatic heterocycles. The maximum Gasteiger partial charge on any atom is 0.243 e. The zero-order chi connectivity index (χ0) is 29.2. The van der Waals surface area contributed by atoms with Crippen molar-refractivity contribution in [1.29, 1.82) is 0 Å². The number of primary sulfonamides is 1. The number of benzene rings is 4.